The van der Waals surface area contributed by atoms with E-state index >= 15 is 0 Å². The highest BCUT2D eigenvalue weighted by atomic mass is 16.3. The zero-order valence-electron chi connectivity index (χ0n) is 15.9. The number of nitrogens with zero attached hydrogens (tertiary/aromatic N) is 1. The Kier molecular flexibility index (Phi) is 5.29. The van der Waals surface area contributed by atoms with Crippen molar-refractivity contribution in [1.82, 2.24) is 10.2 Å². The van der Waals surface area contributed by atoms with Gasteiger partial charge in [0.05, 0.1) is 6.04 Å². The Morgan fingerprint density at radius 2 is 1.38 bits per heavy atom. The smallest absolute Gasteiger partial charge is 0.248 e. The highest BCUT2D eigenvalue weighted by molar-refractivity contribution is 5.91. The number of benzene rings is 3. The van der Waals surface area contributed by atoms with Gasteiger partial charge in [0.2, 0.25) is 11.8 Å². The lowest BCUT2D eigenvalue weighted by atomic mass is 9.96. The predicted octanol–water partition coefficient (Wildman–Crippen LogP) is 3.57. The van der Waals surface area contributed by atoms with Gasteiger partial charge in [-0.1, -0.05) is 72.8 Å². The number of rotatable bonds is 6. The normalized spacial score (nSPS) is 14.4. The number of amides is 2. The van der Waals surface area contributed by atoms with Crippen LogP contribution in [-0.4, -0.2) is 28.4 Å². The second kappa shape index (κ2) is 8.19. The largest absolute Gasteiger partial charge is 0.508 e. The molecule has 1 unspecified atom stereocenters. The summed E-state index contributed by atoms with van der Waals surface area (Å²) in [6.07, 6.45) is 0.447. The number of nitrogens with one attached hydrogen (secondary N) is 1. The molecule has 29 heavy (non-hydrogen) atoms. The third-order valence-corrected chi connectivity index (χ3v) is 5.21. The van der Waals surface area contributed by atoms with Crippen LogP contribution in [0, 0.1) is 0 Å². The summed E-state index contributed by atoms with van der Waals surface area (Å²) in [6, 6.07) is 24.9. The maximum absolute atomic E-state index is 13.4. The summed E-state index contributed by atoms with van der Waals surface area (Å²) in [5.74, 6) is -0.176. The van der Waals surface area contributed by atoms with Crippen molar-refractivity contribution in [1.29, 1.82) is 0 Å². The summed E-state index contributed by atoms with van der Waals surface area (Å²) in [4.78, 5) is 27.1. The highest BCUT2D eigenvalue weighted by Crippen LogP contribution is 2.30. The Labute approximate surface area is 169 Å². The molecule has 1 atom stereocenters. The minimum Gasteiger partial charge on any atom is -0.508 e. The molecule has 1 fully saturated rings. The van der Waals surface area contributed by atoms with Crippen LogP contribution in [0.1, 0.15) is 35.2 Å². The number of phenolic OH excluding ortho intramolecular Hbond substituents is 1. The second-order valence-corrected chi connectivity index (χ2v) is 7.09. The zero-order chi connectivity index (χ0) is 20.2. The lowest BCUT2D eigenvalue weighted by Crippen LogP contribution is -2.51. The molecule has 0 bridgehead atoms. The summed E-state index contributed by atoms with van der Waals surface area (Å²) in [5.41, 5.74) is 2.60. The highest BCUT2D eigenvalue weighted by Gasteiger charge is 2.37. The number of carbonyl (C=O) groups excluding carboxylic acids is 2. The molecule has 1 heterocycles. The molecule has 4 rings (SSSR count). The Bertz CT molecular complexity index is 948. The Morgan fingerprint density at radius 1 is 0.828 bits per heavy atom. The van der Waals surface area contributed by atoms with Crippen LogP contribution in [0.25, 0.3) is 0 Å². The van der Waals surface area contributed by atoms with Crippen LogP contribution >= 0.6 is 0 Å². The Hall–Kier alpha value is -3.60. The van der Waals surface area contributed by atoms with Crippen molar-refractivity contribution in [2.45, 2.75) is 18.5 Å². The number of aromatic hydroxyl groups is 1. The van der Waals surface area contributed by atoms with E-state index in [9.17, 15) is 14.7 Å². The van der Waals surface area contributed by atoms with E-state index in [0.29, 0.717) is 18.5 Å². The van der Waals surface area contributed by atoms with E-state index in [0.717, 1.165) is 11.1 Å². The first kappa shape index (κ1) is 18.7. The molecule has 2 N–H and O–H groups in total. The van der Waals surface area contributed by atoms with Crippen molar-refractivity contribution in [2.24, 2.45) is 0 Å². The number of likely N-dealkylation sites (tertiary alicyclic amines) is 1. The molecule has 0 radical (unpaired) electrons. The third kappa shape index (κ3) is 3.99. The van der Waals surface area contributed by atoms with E-state index in [1.807, 2.05) is 60.7 Å². The molecule has 0 spiro atoms. The van der Waals surface area contributed by atoms with E-state index in [2.05, 4.69) is 5.32 Å². The molecule has 146 valence electrons. The summed E-state index contributed by atoms with van der Waals surface area (Å²) < 4.78 is 0. The van der Waals surface area contributed by atoms with E-state index in [1.165, 1.54) is 12.1 Å². The number of carbonyl (C=O) groups is 2. The molecule has 3 aromatic carbocycles. The quantitative estimate of drug-likeness (QED) is 0.637. The van der Waals surface area contributed by atoms with Gasteiger partial charge in [-0.05, 0) is 28.8 Å². The first-order valence-corrected chi connectivity index (χ1v) is 9.62. The average Bonchev–Trinajstić information content (AvgIpc) is 2.76. The fraction of sp³-hybridized carbons (Fsp3) is 0.167. The number of phenols is 1. The lowest BCUT2D eigenvalue weighted by Gasteiger charge is -2.38. The van der Waals surface area contributed by atoms with Crippen LogP contribution in [0.5, 0.6) is 5.75 Å². The van der Waals surface area contributed by atoms with Crippen molar-refractivity contribution in [3.63, 3.8) is 0 Å². The molecule has 1 aliphatic heterocycles. The van der Waals surface area contributed by atoms with Crippen molar-refractivity contribution < 1.29 is 14.7 Å². The molecule has 0 aliphatic carbocycles. The van der Waals surface area contributed by atoms with Crippen molar-refractivity contribution in [2.75, 3.05) is 6.54 Å². The maximum Gasteiger partial charge on any atom is 0.248 e. The molecule has 1 aliphatic rings. The zero-order valence-corrected chi connectivity index (χ0v) is 15.9. The van der Waals surface area contributed by atoms with Crippen molar-refractivity contribution >= 4 is 11.8 Å². The van der Waals surface area contributed by atoms with Gasteiger partial charge in [0.25, 0.3) is 0 Å². The first-order valence-electron chi connectivity index (χ1n) is 9.62. The summed E-state index contributed by atoms with van der Waals surface area (Å²) in [7, 11) is 0. The fourth-order valence-electron chi connectivity index (χ4n) is 3.61. The molecule has 5 heteroatoms. The third-order valence-electron chi connectivity index (χ3n) is 5.21. The monoisotopic (exact) mass is 386 g/mol. The van der Waals surface area contributed by atoms with E-state index in [-0.39, 0.29) is 23.6 Å². The fourth-order valence-corrected chi connectivity index (χ4v) is 3.61. The lowest BCUT2D eigenvalue weighted by molar-refractivity contribution is -0.149. The molecule has 2 amide bonds. The molecular weight excluding hydrogens is 364 g/mol. The van der Waals surface area contributed by atoms with Gasteiger partial charge in [0.1, 0.15) is 11.8 Å². The van der Waals surface area contributed by atoms with Crippen molar-refractivity contribution in [3.05, 3.63) is 102 Å². The van der Waals surface area contributed by atoms with Crippen LogP contribution < -0.4 is 5.32 Å². The Morgan fingerprint density at radius 3 is 1.83 bits per heavy atom. The van der Waals surface area contributed by atoms with E-state index in [4.69, 9.17) is 0 Å². The molecule has 5 nitrogen and oxygen atoms in total. The minimum atomic E-state index is -0.730. The van der Waals surface area contributed by atoms with Gasteiger partial charge in [0.15, 0.2) is 0 Å². The number of hydrogen-bond acceptors (Lipinski definition) is 3. The Balaban J connectivity index is 1.67. The summed E-state index contributed by atoms with van der Waals surface area (Å²) in [5, 5.41) is 12.7. The molecule has 0 aromatic heterocycles. The van der Waals surface area contributed by atoms with Crippen molar-refractivity contribution in [3.8, 4) is 5.75 Å². The summed E-state index contributed by atoms with van der Waals surface area (Å²) >= 11 is 0. The number of hydrogen-bond donors (Lipinski definition) is 2. The molecule has 0 saturated carbocycles. The van der Waals surface area contributed by atoms with E-state index in [1.54, 1.807) is 17.0 Å². The maximum atomic E-state index is 13.4. The molecular formula is C24H22N2O3. The van der Waals surface area contributed by atoms with Crippen LogP contribution in [0.3, 0.4) is 0 Å². The SMILES string of the molecule is O=C(NC(c1ccccc1)c1ccccc1)C(c1ccc(O)cc1)N1CCC1=O. The standard InChI is InChI=1S/C24H22N2O3/c27-20-13-11-19(12-14-20)23(26-16-15-21(26)28)24(29)25-22(17-7-3-1-4-8-17)18-9-5-2-6-10-18/h1-14,22-23,27H,15-16H2,(H,25,29). The average molecular weight is 386 g/mol. The van der Waals surface area contributed by atoms with Crippen LogP contribution in [-0.2, 0) is 9.59 Å². The van der Waals surface area contributed by atoms with Crippen LogP contribution in [0.2, 0.25) is 0 Å². The van der Waals surface area contributed by atoms with Crippen LogP contribution in [0.15, 0.2) is 84.9 Å². The first-order chi connectivity index (χ1) is 14.1. The number of β-lactam (4-membered cyclic amide) rings is 1. The molecule has 3 aromatic rings. The predicted molar refractivity (Wildman–Crippen MR) is 110 cm³/mol. The van der Waals surface area contributed by atoms with E-state index < -0.39 is 6.04 Å². The van der Waals surface area contributed by atoms with Gasteiger partial charge in [-0.3, -0.25) is 9.59 Å². The van der Waals surface area contributed by atoms with Crippen LogP contribution in [0.4, 0.5) is 0 Å². The second-order valence-electron chi connectivity index (χ2n) is 7.09. The van der Waals surface area contributed by atoms with Gasteiger partial charge in [-0.25, -0.2) is 0 Å². The van der Waals surface area contributed by atoms with Gasteiger partial charge in [-0.2, -0.15) is 0 Å². The topological polar surface area (TPSA) is 69.6 Å². The van der Waals surface area contributed by atoms with Gasteiger partial charge < -0.3 is 15.3 Å². The van der Waals surface area contributed by atoms with Gasteiger partial charge in [-0.15, -0.1) is 0 Å². The van der Waals surface area contributed by atoms with Gasteiger partial charge >= 0.3 is 0 Å². The molecule has 1 saturated heterocycles. The minimum absolute atomic E-state index is 0.0470. The van der Waals surface area contributed by atoms with Gasteiger partial charge in [0, 0.05) is 13.0 Å². The summed E-state index contributed by atoms with van der Waals surface area (Å²) in [6.45, 7) is 0.541.